The fourth-order valence-electron chi connectivity index (χ4n) is 4.69. The van der Waals surface area contributed by atoms with Crippen LogP contribution < -0.4 is 4.74 Å². The molecule has 4 aromatic rings. The molecule has 2 heteroatoms. The minimum Gasteiger partial charge on any atom is -0.508 e. The molecule has 0 aliphatic heterocycles. The highest BCUT2D eigenvalue weighted by atomic mass is 16.5. The third kappa shape index (κ3) is 2.65. The summed E-state index contributed by atoms with van der Waals surface area (Å²) in [6, 6.07) is 33.1. The lowest BCUT2D eigenvalue weighted by atomic mass is 9.68. The second-order valence-electron chi connectivity index (χ2n) is 7.51. The van der Waals surface area contributed by atoms with E-state index in [0.29, 0.717) is 6.61 Å². The average molecular weight is 390 g/mol. The fraction of sp³-hybridized carbons (Fsp3) is 0.0714. The summed E-state index contributed by atoms with van der Waals surface area (Å²) < 4.78 is 5.71. The monoisotopic (exact) mass is 390 g/mol. The van der Waals surface area contributed by atoms with Crippen molar-refractivity contribution in [3.05, 3.63) is 132 Å². The molecule has 0 heterocycles. The highest BCUT2D eigenvalue weighted by Crippen LogP contribution is 2.56. The maximum atomic E-state index is 9.94. The van der Waals surface area contributed by atoms with Crippen molar-refractivity contribution in [2.75, 3.05) is 6.61 Å². The van der Waals surface area contributed by atoms with Gasteiger partial charge >= 0.3 is 0 Å². The number of ether oxygens (including phenoxy) is 1. The number of benzene rings is 4. The van der Waals surface area contributed by atoms with Gasteiger partial charge in [0.05, 0.1) is 5.41 Å². The Kier molecular flexibility index (Phi) is 4.40. The summed E-state index contributed by atoms with van der Waals surface area (Å²) in [5.41, 5.74) is 6.81. The van der Waals surface area contributed by atoms with Crippen LogP contribution in [0.15, 0.2) is 110 Å². The molecule has 1 aliphatic carbocycles. The Morgan fingerprint density at radius 3 is 1.73 bits per heavy atom. The molecule has 2 nitrogen and oxygen atoms in total. The van der Waals surface area contributed by atoms with Crippen LogP contribution >= 0.6 is 0 Å². The zero-order valence-corrected chi connectivity index (χ0v) is 16.6. The first kappa shape index (κ1) is 18.3. The molecular weight excluding hydrogens is 368 g/mol. The molecule has 146 valence electrons. The minimum atomic E-state index is -0.460. The van der Waals surface area contributed by atoms with Gasteiger partial charge in [0, 0.05) is 0 Å². The van der Waals surface area contributed by atoms with Gasteiger partial charge in [-0.15, -0.1) is 0 Å². The SMILES string of the molecule is C=CCOc1ccc(C2(c3ccc(O)cc3)c3ccccc3-c3ccccc32)cc1. The summed E-state index contributed by atoms with van der Waals surface area (Å²) in [7, 11) is 0. The number of aromatic hydroxyl groups is 1. The van der Waals surface area contributed by atoms with Crippen molar-refractivity contribution >= 4 is 0 Å². The van der Waals surface area contributed by atoms with Crippen molar-refractivity contribution in [3.8, 4) is 22.6 Å². The molecule has 0 saturated carbocycles. The van der Waals surface area contributed by atoms with Crippen LogP contribution in [0.1, 0.15) is 22.3 Å². The van der Waals surface area contributed by atoms with Crippen LogP contribution in [0, 0.1) is 0 Å². The van der Waals surface area contributed by atoms with Gasteiger partial charge < -0.3 is 9.84 Å². The molecule has 0 saturated heterocycles. The number of rotatable bonds is 5. The summed E-state index contributed by atoms with van der Waals surface area (Å²) >= 11 is 0. The number of phenolic OH excluding ortho intramolecular Hbond substituents is 1. The maximum absolute atomic E-state index is 9.94. The molecule has 1 N–H and O–H groups in total. The Morgan fingerprint density at radius 1 is 0.700 bits per heavy atom. The van der Waals surface area contributed by atoms with Gasteiger partial charge in [0.1, 0.15) is 18.1 Å². The molecule has 0 spiro atoms. The predicted molar refractivity (Wildman–Crippen MR) is 121 cm³/mol. The first-order valence-corrected chi connectivity index (χ1v) is 10.1. The molecule has 30 heavy (non-hydrogen) atoms. The van der Waals surface area contributed by atoms with Crippen molar-refractivity contribution in [1.82, 2.24) is 0 Å². The zero-order valence-electron chi connectivity index (χ0n) is 16.6. The largest absolute Gasteiger partial charge is 0.508 e. The van der Waals surface area contributed by atoms with Crippen molar-refractivity contribution in [2.24, 2.45) is 0 Å². The van der Waals surface area contributed by atoms with E-state index in [1.807, 2.05) is 24.3 Å². The van der Waals surface area contributed by atoms with Gasteiger partial charge in [0.25, 0.3) is 0 Å². The van der Waals surface area contributed by atoms with E-state index in [4.69, 9.17) is 4.74 Å². The first-order chi connectivity index (χ1) is 14.7. The highest BCUT2D eigenvalue weighted by Gasteiger charge is 2.45. The molecule has 5 rings (SSSR count). The summed E-state index contributed by atoms with van der Waals surface area (Å²) in [6.07, 6.45) is 1.75. The average Bonchev–Trinajstić information content (AvgIpc) is 3.10. The Morgan fingerprint density at radius 2 is 1.20 bits per heavy atom. The zero-order chi connectivity index (χ0) is 20.6. The van der Waals surface area contributed by atoms with Gasteiger partial charge in [-0.3, -0.25) is 0 Å². The summed E-state index contributed by atoms with van der Waals surface area (Å²) in [4.78, 5) is 0. The van der Waals surface area contributed by atoms with Crippen molar-refractivity contribution in [2.45, 2.75) is 5.41 Å². The van der Waals surface area contributed by atoms with Crippen LogP contribution in [0.25, 0.3) is 11.1 Å². The normalized spacial score (nSPS) is 13.3. The van der Waals surface area contributed by atoms with E-state index >= 15 is 0 Å². The Bertz CT molecular complexity index is 1160. The van der Waals surface area contributed by atoms with Crippen LogP contribution in [0.3, 0.4) is 0 Å². The standard InChI is InChI=1S/C28H22O2/c1-2-19-30-23-17-13-21(14-18-23)28(20-11-15-22(29)16-12-20)26-9-5-3-7-24(26)25-8-4-6-10-27(25)28/h2-18,29H,1,19H2. The van der Waals surface area contributed by atoms with Gasteiger partial charge in [0.15, 0.2) is 0 Å². The molecular formula is C28H22O2. The number of hydrogen-bond acceptors (Lipinski definition) is 2. The molecule has 0 atom stereocenters. The summed E-state index contributed by atoms with van der Waals surface area (Å²) in [6.45, 7) is 4.20. The fourth-order valence-corrected chi connectivity index (χ4v) is 4.69. The third-order valence-corrected chi connectivity index (χ3v) is 5.91. The molecule has 0 bridgehead atoms. The van der Waals surface area contributed by atoms with Gasteiger partial charge in [-0.25, -0.2) is 0 Å². The first-order valence-electron chi connectivity index (χ1n) is 10.1. The molecule has 0 amide bonds. The summed E-state index contributed by atoms with van der Waals surface area (Å²) in [5, 5.41) is 9.94. The second-order valence-corrected chi connectivity index (χ2v) is 7.51. The van der Waals surface area contributed by atoms with E-state index in [2.05, 4.69) is 67.2 Å². The van der Waals surface area contributed by atoms with Crippen LogP contribution in [0.2, 0.25) is 0 Å². The van der Waals surface area contributed by atoms with E-state index in [-0.39, 0.29) is 5.75 Å². The van der Waals surface area contributed by atoms with Crippen molar-refractivity contribution in [3.63, 3.8) is 0 Å². The second kappa shape index (κ2) is 7.23. The molecule has 1 aliphatic rings. The molecule has 4 aromatic carbocycles. The van der Waals surface area contributed by atoms with E-state index < -0.39 is 5.41 Å². The smallest absolute Gasteiger partial charge is 0.119 e. The predicted octanol–water partition coefficient (Wildman–Crippen LogP) is 6.32. The quantitative estimate of drug-likeness (QED) is 0.356. The van der Waals surface area contributed by atoms with E-state index in [9.17, 15) is 5.11 Å². The van der Waals surface area contributed by atoms with Crippen LogP contribution in [0.5, 0.6) is 11.5 Å². The molecule has 0 fully saturated rings. The van der Waals surface area contributed by atoms with Crippen LogP contribution in [0.4, 0.5) is 0 Å². The number of hydrogen-bond donors (Lipinski definition) is 1. The highest BCUT2D eigenvalue weighted by molar-refractivity contribution is 5.86. The Hall–Kier alpha value is -3.78. The van der Waals surface area contributed by atoms with E-state index in [1.165, 1.54) is 22.3 Å². The van der Waals surface area contributed by atoms with Gasteiger partial charge in [-0.05, 0) is 57.6 Å². The molecule has 0 unspecified atom stereocenters. The van der Waals surface area contributed by atoms with Crippen LogP contribution in [-0.2, 0) is 5.41 Å². The number of phenols is 1. The lowest BCUT2D eigenvalue weighted by Crippen LogP contribution is -2.28. The van der Waals surface area contributed by atoms with Crippen molar-refractivity contribution < 1.29 is 9.84 Å². The van der Waals surface area contributed by atoms with Gasteiger partial charge in [0.2, 0.25) is 0 Å². The third-order valence-electron chi connectivity index (χ3n) is 5.91. The van der Waals surface area contributed by atoms with E-state index in [0.717, 1.165) is 16.9 Å². The maximum Gasteiger partial charge on any atom is 0.119 e. The molecule has 0 aromatic heterocycles. The minimum absolute atomic E-state index is 0.265. The Labute approximate surface area is 176 Å². The lowest BCUT2D eigenvalue weighted by Gasteiger charge is -2.34. The topological polar surface area (TPSA) is 29.5 Å². The lowest BCUT2D eigenvalue weighted by molar-refractivity contribution is 0.363. The van der Waals surface area contributed by atoms with Gasteiger partial charge in [-0.2, -0.15) is 0 Å². The Balaban J connectivity index is 1.81. The van der Waals surface area contributed by atoms with Gasteiger partial charge in [-0.1, -0.05) is 85.5 Å². The molecule has 0 radical (unpaired) electrons. The van der Waals surface area contributed by atoms with Crippen molar-refractivity contribution in [1.29, 1.82) is 0 Å². The summed E-state index contributed by atoms with van der Waals surface area (Å²) in [5.74, 6) is 1.08. The number of fused-ring (bicyclic) bond motifs is 3. The van der Waals surface area contributed by atoms with E-state index in [1.54, 1.807) is 18.2 Å². The van der Waals surface area contributed by atoms with Crippen LogP contribution in [-0.4, -0.2) is 11.7 Å².